The number of anilines is 1. The first-order valence-corrected chi connectivity index (χ1v) is 3.50. The highest BCUT2D eigenvalue weighted by Crippen LogP contribution is 2.25. The van der Waals surface area contributed by atoms with Gasteiger partial charge < -0.3 is 10.5 Å². The molecule has 0 atom stereocenters. The van der Waals surface area contributed by atoms with Gasteiger partial charge in [-0.2, -0.15) is 0 Å². The number of hydrogen-bond acceptors (Lipinski definition) is 2. The molecule has 1 aromatic rings. The molecule has 13 heavy (non-hydrogen) atoms. The predicted octanol–water partition coefficient (Wildman–Crippen LogP) is 2.48. The minimum atomic E-state index is -4.66. The Morgan fingerprint density at radius 2 is 1.92 bits per heavy atom. The number of aryl methyl sites for hydroxylation is 1. The molecule has 0 saturated heterocycles. The Balaban J connectivity index is 2.86. The Kier molecular flexibility index (Phi) is 2.36. The van der Waals surface area contributed by atoms with Crippen LogP contribution in [0.2, 0.25) is 0 Å². The second-order valence-electron chi connectivity index (χ2n) is 2.57. The van der Waals surface area contributed by atoms with Crippen LogP contribution in [0.15, 0.2) is 18.2 Å². The lowest BCUT2D eigenvalue weighted by molar-refractivity contribution is -0.274. The van der Waals surface area contributed by atoms with Crippen LogP contribution in [0.1, 0.15) is 5.56 Å². The van der Waals surface area contributed by atoms with Crippen molar-refractivity contribution in [1.82, 2.24) is 0 Å². The normalized spacial score (nSPS) is 11.4. The molecule has 2 N–H and O–H groups in total. The number of alkyl halides is 3. The fourth-order valence-corrected chi connectivity index (χ4v) is 0.816. The van der Waals surface area contributed by atoms with Crippen molar-refractivity contribution in [2.75, 3.05) is 5.73 Å². The van der Waals surface area contributed by atoms with E-state index in [4.69, 9.17) is 5.73 Å². The van der Waals surface area contributed by atoms with Crippen molar-refractivity contribution >= 4 is 5.69 Å². The van der Waals surface area contributed by atoms with Gasteiger partial charge in [-0.05, 0) is 18.6 Å². The van der Waals surface area contributed by atoms with Crippen molar-refractivity contribution < 1.29 is 17.9 Å². The molecular formula is C8H8F3NO. The first-order chi connectivity index (χ1) is 5.88. The van der Waals surface area contributed by atoms with Crippen LogP contribution in [-0.4, -0.2) is 6.36 Å². The Bertz CT molecular complexity index is 309. The van der Waals surface area contributed by atoms with Gasteiger partial charge in [-0.15, -0.1) is 13.2 Å². The molecular weight excluding hydrogens is 183 g/mol. The van der Waals surface area contributed by atoms with Crippen LogP contribution in [0, 0.1) is 6.92 Å². The fraction of sp³-hybridized carbons (Fsp3) is 0.250. The van der Waals surface area contributed by atoms with Crippen LogP contribution < -0.4 is 10.5 Å². The zero-order chi connectivity index (χ0) is 10.1. The molecule has 0 aliphatic rings. The third kappa shape index (κ3) is 2.85. The highest BCUT2D eigenvalue weighted by molar-refractivity contribution is 5.50. The summed E-state index contributed by atoms with van der Waals surface area (Å²) in [6, 6.07) is 3.83. The average molecular weight is 191 g/mol. The van der Waals surface area contributed by atoms with E-state index in [0.717, 1.165) is 11.6 Å². The molecule has 0 unspecified atom stereocenters. The second kappa shape index (κ2) is 3.16. The fourth-order valence-electron chi connectivity index (χ4n) is 0.816. The van der Waals surface area contributed by atoms with Gasteiger partial charge in [0.2, 0.25) is 0 Å². The lowest BCUT2D eigenvalue weighted by Gasteiger charge is -2.09. The molecule has 0 bridgehead atoms. The van der Waals surface area contributed by atoms with Crippen LogP contribution in [-0.2, 0) is 0 Å². The molecule has 0 aromatic heterocycles. The van der Waals surface area contributed by atoms with Crippen LogP contribution in [0.25, 0.3) is 0 Å². The van der Waals surface area contributed by atoms with Crippen LogP contribution in [0.4, 0.5) is 18.9 Å². The van der Waals surface area contributed by atoms with Gasteiger partial charge in [0.1, 0.15) is 5.75 Å². The Morgan fingerprint density at radius 1 is 1.31 bits per heavy atom. The van der Waals surface area contributed by atoms with Gasteiger partial charge >= 0.3 is 6.36 Å². The number of hydrogen-bond donors (Lipinski definition) is 1. The van der Waals surface area contributed by atoms with Crippen molar-refractivity contribution in [3.8, 4) is 5.75 Å². The molecule has 0 aliphatic heterocycles. The van der Waals surface area contributed by atoms with Crippen molar-refractivity contribution in [3.05, 3.63) is 23.8 Å². The quantitative estimate of drug-likeness (QED) is 0.692. The van der Waals surface area contributed by atoms with E-state index < -0.39 is 6.36 Å². The van der Waals surface area contributed by atoms with Crippen molar-refractivity contribution in [2.24, 2.45) is 0 Å². The third-order valence-electron chi connectivity index (χ3n) is 1.48. The lowest BCUT2D eigenvalue weighted by Crippen LogP contribution is -2.17. The maximum Gasteiger partial charge on any atom is 0.573 e. The number of nitrogen functional groups attached to an aromatic ring is 1. The summed E-state index contributed by atoms with van der Waals surface area (Å²) in [7, 11) is 0. The van der Waals surface area contributed by atoms with Gasteiger partial charge in [-0.3, -0.25) is 0 Å². The van der Waals surface area contributed by atoms with Gasteiger partial charge in [0.25, 0.3) is 0 Å². The Morgan fingerprint density at radius 3 is 2.38 bits per heavy atom. The molecule has 1 aromatic carbocycles. The van der Waals surface area contributed by atoms with Crippen LogP contribution >= 0.6 is 0 Å². The molecule has 0 radical (unpaired) electrons. The van der Waals surface area contributed by atoms with E-state index in [0.29, 0.717) is 0 Å². The van der Waals surface area contributed by atoms with Crippen molar-refractivity contribution in [3.63, 3.8) is 0 Å². The standard InChI is InChI=1S/C8H8F3NO/c1-5-2-3-6(4-7(5)12)13-8(9,10)11/h2-4H,12H2,1H3. The number of halogens is 3. The summed E-state index contributed by atoms with van der Waals surface area (Å²) < 4.78 is 38.8. The summed E-state index contributed by atoms with van der Waals surface area (Å²) >= 11 is 0. The molecule has 72 valence electrons. The van der Waals surface area contributed by atoms with Crippen LogP contribution in [0.5, 0.6) is 5.75 Å². The highest BCUT2D eigenvalue weighted by atomic mass is 19.4. The van der Waals surface area contributed by atoms with Crippen molar-refractivity contribution in [1.29, 1.82) is 0 Å². The molecule has 0 fully saturated rings. The maximum absolute atomic E-state index is 11.7. The van der Waals surface area contributed by atoms with E-state index in [2.05, 4.69) is 4.74 Å². The van der Waals surface area contributed by atoms with Gasteiger partial charge in [0.15, 0.2) is 0 Å². The molecule has 0 amide bonds. The Hall–Kier alpha value is -1.39. The van der Waals surface area contributed by atoms with E-state index in [1.54, 1.807) is 6.92 Å². The summed E-state index contributed by atoms with van der Waals surface area (Å²) in [6.45, 7) is 1.70. The molecule has 0 heterocycles. The summed E-state index contributed by atoms with van der Waals surface area (Å²) in [5.74, 6) is -0.296. The monoisotopic (exact) mass is 191 g/mol. The van der Waals surface area contributed by atoms with E-state index in [-0.39, 0.29) is 11.4 Å². The van der Waals surface area contributed by atoms with E-state index in [9.17, 15) is 13.2 Å². The van der Waals surface area contributed by atoms with Crippen LogP contribution in [0.3, 0.4) is 0 Å². The molecule has 0 aliphatic carbocycles. The first-order valence-electron chi connectivity index (χ1n) is 3.50. The number of benzene rings is 1. The zero-order valence-electron chi connectivity index (χ0n) is 6.85. The maximum atomic E-state index is 11.7. The molecule has 0 saturated carbocycles. The largest absolute Gasteiger partial charge is 0.573 e. The first kappa shape index (κ1) is 9.70. The highest BCUT2D eigenvalue weighted by Gasteiger charge is 2.31. The number of ether oxygens (including phenoxy) is 1. The minimum absolute atomic E-state index is 0.279. The molecule has 2 nitrogen and oxygen atoms in total. The number of rotatable bonds is 1. The predicted molar refractivity (Wildman–Crippen MR) is 42.3 cm³/mol. The van der Waals surface area contributed by atoms with Gasteiger partial charge in [-0.1, -0.05) is 6.07 Å². The lowest BCUT2D eigenvalue weighted by atomic mass is 10.2. The van der Waals surface area contributed by atoms with E-state index >= 15 is 0 Å². The van der Waals surface area contributed by atoms with E-state index in [1.165, 1.54) is 12.1 Å². The van der Waals surface area contributed by atoms with Crippen molar-refractivity contribution in [2.45, 2.75) is 13.3 Å². The zero-order valence-corrected chi connectivity index (χ0v) is 6.85. The Labute approximate surface area is 73.1 Å². The molecule has 0 spiro atoms. The average Bonchev–Trinajstić information content (AvgIpc) is 1.94. The molecule has 5 heteroatoms. The van der Waals surface area contributed by atoms with Gasteiger partial charge in [0.05, 0.1) is 0 Å². The third-order valence-corrected chi connectivity index (χ3v) is 1.48. The summed E-state index contributed by atoms with van der Waals surface area (Å²) in [5.41, 5.74) is 6.39. The summed E-state index contributed by atoms with van der Waals surface area (Å²) in [6.07, 6.45) is -4.66. The summed E-state index contributed by atoms with van der Waals surface area (Å²) in [4.78, 5) is 0. The van der Waals surface area contributed by atoms with Gasteiger partial charge in [-0.25, -0.2) is 0 Å². The molecule has 1 rings (SSSR count). The van der Waals surface area contributed by atoms with Gasteiger partial charge in [0, 0.05) is 11.8 Å². The topological polar surface area (TPSA) is 35.2 Å². The van der Waals surface area contributed by atoms with E-state index in [1.807, 2.05) is 0 Å². The summed E-state index contributed by atoms with van der Waals surface area (Å²) in [5, 5.41) is 0. The second-order valence-corrected chi connectivity index (χ2v) is 2.57. The SMILES string of the molecule is Cc1ccc(OC(F)(F)F)cc1N. The number of nitrogens with two attached hydrogens (primary N) is 1. The smallest absolute Gasteiger partial charge is 0.406 e. The minimum Gasteiger partial charge on any atom is -0.406 e.